The highest BCUT2D eigenvalue weighted by molar-refractivity contribution is 6.25. The zero-order chi connectivity index (χ0) is 32.7. The topological polar surface area (TPSA) is 63.9 Å². The molecule has 0 amide bonds. The van der Waals surface area contributed by atoms with Gasteiger partial charge in [0.15, 0.2) is 5.84 Å². The zero-order valence-corrected chi connectivity index (χ0v) is 26.7. The third-order valence-corrected chi connectivity index (χ3v) is 9.35. The third kappa shape index (κ3) is 5.11. The standard InChI is InChI=1S/C45H31N3O/c46-44(48-45(47-28-29-12-2-1-3-13-29)33-23-22-30-14-4-5-15-31(30)26-33)43-37(24-25-41-42(43)38-20-10-11-21-40(38)49-41)39-27-32-16-6-7-17-34(32)35-18-8-9-19-36(35)39/h1-27H,28H2,(H2,46,47,48). The Hall–Kier alpha value is -6.52. The second-order valence-electron chi connectivity index (χ2n) is 12.3. The van der Waals surface area contributed by atoms with Crippen LogP contribution in [0, 0.1) is 0 Å². The van der Waals surface area contributed by atoms with Crippen LogP contribution in [0.4, 0.5) is 0 Å². The van der Waals surface area contributed by atoms with Crippen molar-refractivity contribution in [2.45, 2.75) is 6.54 Å². The van der Waals surface area contributed by atoms with Gasteiger partial charge in [0.25, 0.3) is 0 Å². The molecule has 0 unspecified atom stereocenters. The van der Waals surface area contributed by atoms with Crippen molar-refractivity contribution in [1.29, 1.82) is 0 Å². The van der Waals surface area contributed by atoms with Crippen LogP contribution in [0.5, 0.6) is 0 Å². The molecule has 1 aromatic heterocycles. The van der Waals surface area contributed by atoms with Crippen molar-refractivity contribution in [1.82, 2.24) is 0 Å². The molecule has 0 spiro atoms. The molecule has 2 N–H and O–H groups in total. The number of nitrogens with two attached hydrogens (primary N) is 1. The Balaban J connectivity index is 1.32. The maximum absolute atomic E-state index is 7.25. The summed E-state index contributed by atoms with van der Waals surface area (Å²) in [7, 11) is 0. The smallest absolute Gasteiger partial charge is 0.157 e. The van der Waals surface area contributed by atoms with E-state index >= 15 is 0 Å². The van der Waals surface area contributed by atoms with E-state index in [1.165, 1.54) is 10.8 Å². The van der Waals surface area contributed by atoms with Crippen LogP contribution in [-0.4, -0.2) is 11.7 Å². The average Bonchev–Trinajstić information content (AvgIpc) is 3.55. The number of amidine groups is 2. The van der Waals surface area contributed by atoms with Crippen molar-refractivity contribution in [3.63, 3.8) is 0 Å². The van der Waals surface area contributed by atoms with Crippen LogP contribution < -0.4 is 5.73 Å². The lowest BCUT2D eigenvalue weighted by Crippen LogP contribution is -2.18. The summed E-state index contributed by atoms with van der Waals surface area (Å²) in [6.45, 7) is 0.473. The second-order valence-corrected chi connectivity index (χ2v) is 12.3. The first-order valence-electron chi connectivity index (χ1n) is 16.5. The SMILES string of the molecule is NC(=NC(=NCc1ccccc1)c1ccc2ccccc2c1)c1c(-c2cc3ccccc3c3ccccc23)ccc2oc3ccccc3c12. The van der Waals surface area contributed by atoms with Crippen LogP contribution in [0.15, 0.2) is 178 Å². The normalized spacial score (nSPS) is 12.5. The molecule has 0 atom stereocenters. The minimum Gasteiger partial charge on any atom is -0.456 e. The summed E-state index contributed by atoms with van der Waals surface area (Å²) in [4.78, 5) is 10.3. The van der Waals surface area contributed by atoms with Crippen LogP contribution in [0.3, 0.4) is 0 Å². The highest BCUT2D eigenvalue weighted by Crippen LogP contribution is 2.41. The summed E-state index contributed by atoms with van der Waals surface area (Å²) < 4.78 is 6.39. The molecular weight excluding hydrogens is 599 g/mol. The second kappa shape index (κ2) is 11.9. The highest BCUT2D eigenvalue weighted by Gasteiger charge is 2.21. The Bertz CT molecular complexity index is 2760. The van der Waals surface area contributed by atoms with Crippen molar-refractivity contribution in [2.24, 2.45) is 15.7 Å². The van der Waals surface area contributed by atoms with Crippen molar-refractivity contribution in [3.05, 3.63) is 180 Å². The molecule has 4 nitrogen and oxygen atoms in total. The van der Waals surface area contributed by atoms with Crippen LogP contribution in [0.2, 0.25) is 0 Å². The minimum absolute atomic E-state index is 0.379. The molecule has 0 saturated carbocycles. The molecule has 0 fully saturated rings. The van der Waals surface area contributed by atoms with E-state index in [1.807, 2.05) is 36.4 Å². The number of fused-ring (bicyclic) bond motifs is 7. The van der Waals surface area contributed by atoms with Gasteiger partial charge < -0.3 is 10.2 Å². The number of para-hydroxylation sites is 1. The van der Waals surface area contributed by atoms with Crippen molar-refractivity contribution in [2.75, 3.05) is 0 Å². The molecule has 0 saturated heterocycles. The van der Waals surface area contributed by atoms with E-state index in [4.69, 9.17) is 20.1 Å². The molecule has 0 aliphatic rings. The molecule has 49 heavy (non-hydrogen) atoms. The number of furan rings is 1. The van der Waals surface area contributed by atoms with E-state index in [2.05, 4.69) is 127 Å². The van der Waals surface area contributed by atoms with Crippen molar-refractivity contribution in [3.8, 4) is 11.1 Å². The fourth-order valence-corrected chi connectivity index (χ4v) is 7.02. The number of benzene rings is 8. The van der Waals surface area contributed by atoms with Gasteiger partial charge >= 0.3 is 0 Å². The van der Waals surface area contributed by atoms with Crippen molar-refractivity contribution >= 4 is 65.9 Å². The molecular formula is C45H31N3O. The van der Waals surface area contributed by atoms with E-state index in [-0.39, 0.29) is 0 Å². The molecule has 9 rings (SSSR count). The lowest BCUT2D eigenvalue weighted by atomic mass is 9.89. The first-order chi connectivity index (χ1) is 24.2. The van der Waals surface area contributed by atoms with Gasteiger partial charge in [-0.2, -0.15) is 0 Å². The van der Waals surface area contributed by atoms with Crippen LogP contribution in [-0.2, 0) is 6.54 Å². The Kier molecular flexibility index (Phi) is 6.98. The van der Waals surface area contributed by atoms with Crippen LogP contribution in [0.25, 0.3) is 65.4 Å². The van der Waals surface area contributed by atoms with Gasteiger partial charge in [0, 0.05) is 21.9 Å². The van der Waals surface area contributed by atoms with Gasteiger partial charge in [-0.25, -0.2) is 4.99 Å². The summed E-state index contributed by atoms with van der Waals surface area (Å²) in [6.07, 6.45) is 0. The number of rotatable bonds is 5. The molecule has 0 radical (unpaired) electrons. The van der Waals surface area contributed by atoms with Gasteiger partial charge in [-0.05, 0) is 79.3 Å². The molecule has 0 bridgehead atoms. The molecule has 0 aliphatic carbocycles. The van der Waals surface area contributed by atoms with Gasteiger partial charge in [-0.3, -0.25) is 4.99 Å². The van der Waals surface area contributed by atoms with Gasteiger partial charge in [0.1, 0.15) is 17.0 Å². The Morgan fingerprint density at radius 1 is 0.510 bits per heavy atom. The van der Waals surface area contributed by atoms with Gasteiger partial charge in [0.2, 0.25) is 0 Å². The monoisotopic (exact) mass is 629 g/mol. The van der Waals surface area contributed by atoms with E-state index in [0.29, 0.717) is 18.2 Å². The van der Waals surface area contributed by atoms with Gasteiger partial charge in [-0.15, -0.1) is 0 Å². The largest absolute Gasteiger partial charge is 0.456 e. The summed E-state index contributed by atoms with van der Waals surface area (Å²) >= 11 is 0. The first kappa shape index (κ1) is 28.7. The molecule has 9 aromatic rings. The molecule has 8 aromatic carbocycles. The predicted octanol–water partition coefficient (Wildman–Crippen LogP) is 11.1. The molecule has 232 valence electrons. The molecule has 1 heterocycles. The summed E-state index contributed by atoms with van der Waals surface area (Å²) in [6, 6.07) is 56.6. The average molecular weight is 630 g/mol. The van der Waals surface area contributed by atoms with Gasteiger partial charge in [0.05, 0.1) is 6.54 Å². The fraction of sp³-hybridized carbons (Fsp3) is 0.0222. The summed E-state index contributed by atoms with van der Waals surface area (Å²) in [5, 5.41) is 8.92. The fourth-order valence-electron chi connectivity index (χ4n) is 7.02. The minimum atomic E-state index is 0.379. The third-order valence-electron chi connectivity index (χ3n) is 9.35. The molecule has 0 aliphatic heterocycles. The highest BCUT2D eigenvalue weighted by atomic mass is 16.3. The summed E-state index contributed by atoms with van der Waals surface area (Å²) in [5.41, 5.74) is 13.7. The number of aliphatic imine (C=N–C) groups is 2. The maximum Gasteiger partial charge on any atom is 0.157 e. The van der Waals surface area contributed by atoms with Crippen LogP contribution in [0.1, 0.15) is 16.7 Å². The number of nitrogens with zero attached hydrogens (tertiary/aromatic N) is 2. The Morgan fingerprint density at radius 2 is 1.18 bits per heavy atom. The van der Waals surface area contributed by atoms with E-state index in [9.17, 15) is 0 Å². The van der Waals surface area contributed by atoms with Gasteiger partial charge in [-0.1, -0.05) is 133 Å². The number of hydrogen-bond acceptors (Lipinski definition) is 2. The Labute approximate surface area is 283 Å². The lowest BCUT2D eigenvalue weighted by molar-refractivity contribution is 0.669. The van der Waals surface area contributed by atoms with Crippen molar-refractivity contribution < 1.29 is 4.42 Å². The first-order valence-corrected chi connectivity index (χ1v) is 16.5. The van der Waals surface area contributed by atoms with Crippen LogP contribution >= 0.6 is 0 Å². The zero-order valence-electron chi connectivity index (χ0n) is 26.7. The number of hydrogen-bond donors (Lipinski definition) is 1. The predicted molar refractivity (Wildman–Crippen MR) is 206 cm³/mol. The van der Waals surface area contributed by atoms with E-state index in [0.717, 1.165) is 71.3 Å². The maximum atomic E-state index is 7.25. The lowest BCUT2D eigenvalue weighted by Gasteiger charge is -2.16. The quantitative estimate of drug-likeness (QED) is 0.117. The molecule has 4 heteroatoms. The Morgan fingerprint density at radius 3 is 2.02 bits per heavy atom. The van der Waals surface area contributed by atoms with E-state index < -0.39 is 0 Å². The van der Waals surface area contributed by atoms with E-state index in [1.54, 1.807) is 0 Å². The summed E-state index contributed by atoms with van der Waals surface area (Å²) in [5.74, 6) is 0.954.